The highest BCUT2D eigenvalue weighted by atomic mass is 79.9. The third-order valence-corrected chi connectivity index (χ3v) is 6.22. The maximum atomic E-state index is 12.4. The lowest BCUT2D eigenvalue weighted by Crippen LogP contribution is -2.27. The Bertz CT molecular complexity index is 947. The number of benzene rings is 2. The molecule has 3 rings (SSSR count). The van der Waals surface area contributed by atoms with Crippen LogP contribution in [-0.4, -0.2) is 28.8 Å². The van der Waals surface area contributed by atoms with E-state index in [2.05, 4.69) is 15.9 Å². The minimum atomic E-state index is -0.0943. The molecular weight excluding hydrogens is 482 g/mol. The molecule has 8 heteroatoms. The van der Waals surface area contributed by atoms with Gasteiger partial charge < -0.3 is 9.47 Å². The molecule has 1 heterocycles. The fraction of sp³-hybridized carbons (Fsp3) is 0.200. The third kappa shape index (κ3) is 4.71. The zero-order valence-corrected chi connectivity index (χ0v) is 19.2. The molecule has 1 amide bonds. The van der Waals surface area contributed by atoms with Crippen LogP contribution < -0.4 is 9.47 Å². The second-order valence-electron chi connectivity index (χ2n) is 5.88. The molecule has 28 heavy (non-hydrogen) atoms. The number of carbonyl (C=O) groups is 1. The van der Waals surface area contributed by atoms with E-state index in [4.69, 9.17) is 33.3 Å². The molecule has 0 saturated carbocycles. The number of amides is 1. The van der Waals surface area contributed by atoms with Crippen molar-refractivity contribution in [3.8, 4) is 11.5 Å². The Labute approximate surface area is 187 Å². The van der Waals surface area contributed by atoms with Gasteiger partial charge >= 0.3 is 0 Å². The number of rotatable bonds is 6. The van der Waals surface area contributed by atoms with Crippen molar-refractivity contribution in [2.75, 3.05) is 13.7 Å². The van der Waals surface area contributed by atoms with Crippen LogP contribution in [0.4, 0.5) is 0 Å². The van der Waals surface area contributed by atoms with E-state index in [9.17, 15) is 4.79 Å². The summed E-state index contributed by atoms with van der Waals surface area (Å²) in [7, 11) is 1.55. The fourth-order valence-electron chi connectivity index (χ4n) is 2.62. The molecular formula is C20H17BrClNO3S2. The molecule has 1 saturated heterocycles. The monoisotopic (exact) mass is 497 g/mol. The number of carbonyl (C=O) groups excluding carboxylic acids is 1. The van der Waals surface area contributed by atoms with Crippen LogP contribution >= 0.6 is 51.5 Å². The molecule has 2 aromatic carbocycles. The Morgan fingerprint density at radius 1 is 1.29 bits per heavy atom. The van der Waals surface area contributed by atoms with Gasteiger partial charge in [0.25, 0.3) is 5.91 Å². The first-order valence-electron chi connectivity index (χ1n) is 8.43. The quantitative estimate of drug-likeness (QED) is 0.366. The summed E-state index contributed by atoms with van der Waals surface area (Å²) in [5, 5.41) is 0.411. The molecule has 0 aliphatic carbocycles. The van der Waals surface area contributed by atoms with Crippen molar-refractivity contribution in [2.24, 2.45) is 0 Å². The standard InChI is InChI=1S/C20H17BrClNO3S2/c1-3-23-19(24)17(28-20(23)27)10-13-8-15(22)18(16(9-13)25-2)26-11-12-4-6-14(21)7-5-12/h4-10H,3,11H2,1-2H3. The predicted octanol–water partition coefficient (Wildman–Crippen LogP) is 5.91. The summed E-state index contributed by atoms with van der Waals surface area (Å²) in [6, 6.07) is 11.4. The molecule has 0 radical (unpaired) electrons. The number of thiocarbonyl (C=S) groups is 1. The second-order valence-corrected chi connectivity index (χ2v) is 8.87. The van der Waals surface area contributed by atoms with Gasteiger partial charge in [-0.2, -0.15) is 0 Å². The molecule has 0 N–H and O–H groups in total. The first kappa shape index (κ1) is 21.2. The van der Waals surface area contributed by atoms with E-state index in [1.165, 1.54) is 11.8 Å². The molecule has 146 valence electrons. The molecule has 0 spiro atoms. The van der Waals surface area contributed by atoms with Gasteiger partial charge in [0, 0.05) is 11.0 Å². The van der Waals surface area contributed by atoms with Crippen molar-refractivity contribution in [2.45, 2.75) is 13.5 Å². The molecule has 4 nitrogen and oxygen atoms in total. The van der Waals surface area contributed by atoms with Gasteiger partial charge in [0.15, 0.2) is 11.5 Å². The Balaban J connectivity index is 1.83. The number of hydrogen-bond donors (Lipinski definition) is 0. The highest BCUT2D eigenvalue weighted by molar-refractivity contribution is 9.10. The van der Waals surface area contributed by atoms with Crippen LogP contribution in [0.15, 0.2) is 45.8 Å². The van der Waals surface area contributed by atoms with Gasteiger partial charge in [0.1, 0.15) is 10.9 Å². The van der Waals surface area contributed by atoms with Gasteiger partial charge in [-0.15, -0.1) is 0 Å². The van der Waals surface area contributed by atoms with E-state index in [1.54, 1.807) is 30.2 Å². The number of nitrogens with zero attached hydrogens (tertiary/aromatic N) is 1. The van der Waals surface area contributed by atoms with Crippen LogP contribution in [0.1, 0.15) is 18.1 Å². The molecule has 0 atom stereocenters. The van der Waals surface area contributed by atoms with E-state index in [0.29, 0.717) is 38.9 Å². The Hall–Kier alpha value is -1.54. The first-order valence-corrected chi connectivity index (χ1v) is 10.8. The smallest absolute Gasteiger partial charge is 0.266 e. The van der Waals surface area contributed by atoms with Crippen molar-refractivity contribution in [3.63, 3.8) is 0 Å². The van der Waals surface area contributed by atoms with Crippen molar-refractivity contribution in [3.05, 3.63) is 61.9 Å². The number of likely N-dealkylation sites (N-methyl/N-ethyl adjacent to an activating group) is 1. The van der Waals surface area contributed by atoms with Crippen molar-refractivity contribution >= 4 is 67.8 Å². The average Bonchev–Trinajstić information content (AvgIpc) is 2.94. The van der Waals surface area contributed by atoms with Crippen LogP contribution in [0, 0.1) is 0 Å². The van der Waals surface area contributed by atoms with Crippen LogP contribution in [0.2, 0.25) is 5.02 Å². The van der Waals surface area contributed by atoms with Gasteiger partial charge in [-0.05, 0) is 48.4 Å². The summed E-state index contributed by atoms with van der Waals surface area (Å²) in [5.41, 5.74) is 1.75. The van der Waals surface area contributed by atoms with Crippen molar-refractivity contribution in [1.29, 1.82) is 0 Å². The fourth-order valence-corrected chi connectivity index (χ4v) is 4.55. The second kappa shape index (κ2) is 9.31. The summed E-state index contributed by atoms with van der Waals surface area (Å²) in [6.07, 6.45) is 1.77. The van der Waals surface area contributed by atoms with E-state index in [1.807, 2.05) is 31.2 Å². The molecule has 1 fully saturated rings. The maximum Gasteiger partial charge on any atom is 0.266 e. The predicted molar refractivity (Wildman–Crippen MR) is 122 cm³/mol. The van der Waals surface area contributed by atoms with Crippen LogP contribution in [-0.2, 0) is 11.4 Å². The van der Waals surface area contributed by atoms with Crippen LogP contribution in [0.5, 0.6) is 11.5 Å². The van der Waals surface area contributed by atoms with Gasteiger partial charge in [0.05, 0.1) is 17.0 Å². The summed E-state index contributed by atoms with van der Waals surface area (Å²) >= 11 is 16.4. The van der Waals surface area contributed by atoms with Gasteiger partial charge in [0.2, 0.25) is 0 Å². The molecule has 1 aliphatic heterocycles. The lowest BCUT2D eigenvalue weighted by molar-refractivity contribution is -0.121. The van der Waals surface area contributed by atoms with E-state index < -0.39 is 0 Å². The van der Waals surface area contributed by atoms with E-state index >= 15 is 0 Å². The minimum absolute atomic E-state index is 0.0943. The number of ether oxygens (including phenoxy) is 2. The number of hydrogen-bond acceptors (Lipinski definition) is 5. The largest absolute Gasteiger partial charge is 0.493 e. The highest BCUT2D eigenvalue weighted by Gasteiger charge is 2.30. The number of thioether (sulfide) groups is 1. The van der Waals surface area contributed by atoms with Crippen molar-refractivity contribution < 1.29 is 14.3 Å². The molecule has 0 aromatic heterocycles. The molecule has 0 bridgehead atoms. The summed E-state index contributed by atoms with van der Waals surface area (Å²) in [4.78, 5) is 14.5. The zero-order chi connectivity index (χ0) is 20.3. The summed E-state index contributed by atoms with van der Waals surface area (Å²) in [5.74, 6) is 0.871. The first-order chi connectivity index (χ1) is 13.4. The van der Waals surface area contributed by atoms with Gasteiger partial charge in [-0.3, -0.25) is 9.69 Å². The molecule has 2 aromatic rings. The summed E-state index contributed by atoms with van der Waals surface area (Å²) in [6.45, 7) is 2.80. The normalized spacial score (nSPS) is 15.4. The lowest BCUT2D eigenvalue weighted by atomic mass is 10.1. The Morgan fingerprint density at radius 3 is 2.61 bits per heavy atom. The van der Waals surface area contributed by atoms with Crippen LogP contribution in [0.25, 0.3) is 6.08 Å². The SMILES string of the molecule is CCN1C(=O)C(=Cc2cc(Cl)c(OCc3ccc(Br)cc3)c(OC)c2)SC1=S. The Morgan fingerprint density at radius 2 is 2.00 bits per heavy atom. The highest BCUT2D eigenvalue weighted by Crippen LogP contribution is 2.39. The number of halogens is 2. The van der Waals surface area contributed by atoms with Crippen LogP contribution in [0.3, 0.4) is 0 Å². The number of methoxy groups -OCH3 is 1. The minimum Gasteiger partial charge on any atom is -0.493 e. The summed E-state index contributed by atoms with van der Waals surface area (Å²) < 4.78 is 12.9. The van der Waals surface area contributed by atoms with E-state index in [0.717, 1.165) is 15.6 Å². The Kier molecular flexibility index (Phi) is 7.04. The molecule has 0 unspecified atom stereocenters. The van der Waals surface area contributed by atoms with Gasteiger partial charge in [-0.1, -0.05) is 63.6 Å². The topological polar surface area (TPSA) is 38.8 Å². The average molecular weight is 499 g/mol. The third-order valence-electron chi connectivity index (χ3n) is 4.04. The van der Waals surface area contributed by atoms with E-state index in [-0.39, 0.29) is 5.91 Å². The lowest BCUT2D eigenvalue weighted by Gasteiger charge is -2.14. The van der Waals surface area contributed by atoms with Gasteiger partial charge in [-0.25, -0.2) is 0 Å². The maximum absolute atomic E-state index is 12.4. The molecule has 1 aliphatic rings. The van der Waals surface area contributed by atoms with Crippen molar-refractivity contribution in [1.82, 2.24) is 4.90 Å². The zero-order valence-electron chi connectivity index (χ0n) is 15.2.